The van der Waals surface area contributed by atoms with E-state index in [1.165, 1.54) is 7.11 Å². The van der Waals surface area contributed by atoms with E-state index in [2.05, 4.69) is 10.1 Å². The molecule has 112 valence electrons. The fraction of sp³-hybridized carbons (Fsp3) is 0.400. The second kappa shape index (κ2) is 6.99. The van der Waals surface area contributed by atoms with Gasteiger partial charge in [0, 0.05) is 12.1 Å². The lowest BCUT2D eigenvalue weighted by Gasteiger charge is -2.14. The van der Waals surface area contributed by atoms with Crippen LogP contribution in [0.3, 0.4) is 0 Å². The van der Waals surface area contributed by atoms with Crippen LogP contribution in [0.15, 0.2) is 30.3 Å². The number of hydrogen-bond donors (Lipinski definition) is 1. The summed E-state index contributed by atoms with van der Waals surface area (Å²) in [6.07, 6.45) is 0.673. The minimum absolute atomic E-state index is 0.103. The Bertz CT molecular complexity index is 530. The van der Waals surface area contributed by atoms with Crippen molar-refractivity contribution in [2.75, 3.05) is 26.7 Å². The summed E-state index contributed by atoms with van der Waals surface area (Å²) in [7, 11) is 1.36. The average molecular weight is 290 g/mol. The Morgan fingerprint density at radius 2 is 2.00 bits per heavy atom. The van der Waals surface area contributed by atoms with Crippen LogP contribution in [0.5, 0.6) is 0 Å². The van der Waals surface area contributed by atoms with E-state index < -0.39 is 5.91 Å². The molecule has 1 unspecified atom stereocenters. The summed E-state index contributed by atoms with van der Waals surface area (Å²) in [5, 5.41) is 2.35. The predicted molar refractivity (Wildman–Crippen MR) is 75.5 cm³/mol. The summed E-state index contributed by atoms with van der Waals surface area (Å²) in [6, 6.07) is 8.56. The van der Waals surface area contributed by atoms with E-state index in [1.807, 2.05) is 4.90 Å². The largest absolute Gasteiger partial charge is 0.469 e. The van der Waals surface area contributed by atoms with Crippen molar-refractivity contribution < 1.29 is 19.1 Å². The van der Waals surface area contributed by atoms with Crippen LogP contribution in [0.1, 0.15) is 16.8 Å². The highest BCUT2D eigenvalue weighted by atomic mass is 16.5. The molecule has 2 rings (SSSR count). The van der Waals surface area contributed by atoms with E-state index in [0.717, 1.165) is 0 Å². The number of benzene rings is 1. The van der Waals surface area contributed by atoms with Crippen molar-refractivity contribution in [2.24, 2.45) is 5.92 Å². The number of carbonyl (C=O) groups excluding carboxylic acids is 3. The predicted octanol–water partition coefficient (Wildman–Crippen LogP) is 0.438. The monoisotopic (exact) mass is 290 g/mol. The van der Waals surface area contributed by atoms with E-state index in [4.69, 9.17) is 0 Å². The van der Waals surface area contributed by atoms with Crippen molar-refractivity contribution >= 4 is 17.8 Å². The minimum atomic E-state index is -0.413. The Hall–Kier alpha value is -2.21. The first-order chi connectivity index (χ1) is 10.1. The number of hydrogen-bond acceptors (Lipinski definition) is 5. The summed E-state index contributed by atoms with van der Waals surface area (Å²) in [6.45, 7) is 1.23. The van der Waals surface area contributed by atoms with Crippen molar-refractivity contribution in [3.63, 3.8) is 0 Å². The fourth-order valence-corrected chi connectivity index (χ4v) is 2.37. The number of esters is 1. The molecule has 0 aromatic heterocycles. The Morgan fingerprint density at radius 1 is 1.29 bits per heavy atom. The van der Waals surface area contributed by atoms with Gasteiger partial charge in [0.2, 0.25) is 5.91 Å². The van der Waals surface area contributed by atoms with Gasteiger partial charge in [-0.1, -0.05) is 18.2 Å². The quantitative estimate of drug-likeness (QED) is 0.814. The molecule has 1 aromatic rings. The van der Waals surface area contributed by atoms with Gasteiger partial charge < -0.3 is 4.74 Å². The lowest BCUT2D eigenvalue weighted by atomic mass is 10.1. The molecule has 1 aliphatic rings. The molecule has 1 fully saturated rings. The van der Waals surface area contributed by atoms with E-state index in [0.29, 0.717) is 25.1 Å². The van der Waals surface area contributed by atoms with Crippen LogP contribution in [-0.2, 0) is 14.3 Å². The normalized spacial score (nSPS) is 18.2. The van der Waals surface area contributed by atoms with Crippen molar-refractivity contribution in [2.45, 2.75) is 6.42 Å². The lowest BCUT2D eigenvalue weighted by Crippen LogP contribution is -2.39. The Kier molecular flexibility index (Phi) is 5.05. The van der Waals surface area contributed by atoms with E-state index in [-0.39, 0.29) is 24.3 Å². The number of carbonyl (C=O) groups is 3. The molecule has 6 nitrogen and oxygen atoms in total. The van der Waals surface area contributed by atoms with Gasteiger partial charge in [0.1, 0.15) is 0 Å². The molecule has 0 spiro atoms. The molecule has 1 aliphatic heterocycles. The van der Waals surface area contributed by atoms with Gasteiger partial charge in [-0.25, -0.2) is 0 Å². The van der Waals surface area contributed by atoms with Crippen LogP contribution in [0.2, 0.25) is 0 Å². The molecule has 0 bridgehead atoms. The number of methoxy groups -OCH3 is 1. The zero-order valence-corrected chi connectivity index (χ0v) is 11.9. The first-order valence-electron chi connectivity index (χ1n) is 6.79. The number of likely N-dealkylation sites (tertiary alicyclic amines) is 1. The molecule has 1 N–H and O–H groups in total. The van der Waals surface area contributed by atoms with Gasteiger partial charge in [0.15, 0.2) is 0 Å². The van der Waals surface area contributed by atoms with Gasteiger partial charge >= 0.3 is 5.97 Å². The summed E-state index contributed by atoms with van der Waals surface area (Å²) in [5.41, 5.74) is 0.444. The van der Waals surface area contributed by atoms with Gasteiger partial charge in [-0.2, -0.15) is 0 Å². The van der Waals surface area contributed by atoms with Gasteiger partial charge in [-0.05, 0) is 25.1 Å². The van der Waals surface area contributed by atoms with Gasteiger partial charge in [0.25, 0.3) is 5.91 Å². The molecule has 1 saturated heterocycles. The minimum Gasteiger partial charge on any atom is -0.469 e. The van der Waals surface area contributed by atoms with Crippen LogP contribution in [0.4, 0.5) is 0 Å². The Labute approximate surface area is 123 Å². The highest BCUT2D eigenvalue weighted by Gasteiger charge is 2.30. The number of amides is 2. The third-order valence-corrected chi connectivity index (χ3v) is 3.46. The molecule has 0 radical (unpaired) electrons. The molecule has 0 aliphatic carbocycles. The Balaban J connectivity index is 1.81. The maximum Gasteiger partial charge on any atom is 0.310 e. The zero-order chi connectivity index (χ0) is 15.2. The maximum atomic E-state index is 11.8. The van der Waals surface area contributed by atoms with Crippen molar-refractivity contribution in [3.05, 3.63) is 35.9 Å². The number of ether oxygens (including phenoxy) is 1. The van der Waals surface area contributed by atoms with Crippen LogP contribution >= 0.6 is 0 Å². The third kappa shape index (κ3) is 4.13. The third-order valence-electron chi connectivity index (χ3n) is 3.46. The number of imide groups is 1. The second-order valence-corrected chi connectivity index (χ2v) is 4.99. The lowest BCUT2D eigenvalue weighted by molar-refractivity contribution is -0.145. The van der Waals surface area contributed by atoms with Crippen molar-refractivity contribution in [1.82, 2.24) is 10.2 Å². The number of nitrogens with zero attached hydrogens (tertiary/aromatic N) is 1. The molecule has 0 saturated carbocycles. The van der Waals surface area contributed by atoms with E-state index in [9.17, 15) is 14.4 Å². The standard InChI is InChI=1S/C15H18N2O4/c1-21-15(20)12-7-8-17(9-12)10-13(18)16-14(19)11-5-3-2-4-6-11/h2-6,12H,7-10H2,1H3,(H,16,18,19). The molecule has 6 heteroatoms. The molecule has 21 heavy (non-hydrogen) atoms. The molecular formula is C15H18N2O4. The Morgan fingerprint density at radius 3 is 2.67 bits per heavy atom. The topological polar surface area (TPSA) is 75.7 Å². The van der Waals surface area contributed by atoms with Crippen LogP contribution < -0.4 is 5.32 Å². The van der Waals surface area contributed by atoms with E-state index >= 15 is 0 Å². The summed E-state index contributed by atoms with van der Waals surface area (Å²) < 4.78 is 4.69. The zero-order valence-electron chi connectivity index (χ0n) is 11.9. The molecule has 1 atom stereocenters. The van der Waals surface area contributed by atoms with Crippen LogP contribution in [0.25, 0.3) is 0 Å². The van der Waals surface area contributed by atoms with Crippen molar-refractivity contribution in [3.8, 4) is 0 Å². The molecular weight excluding hydrogens is 272 g/mol. The molecule has 1 heterocycles. The van der Waals surface area contributed by atoms with Crippen LogP contribution in [-0.4, -0.2) is 49.4 Å². The number of nitrogens with one attached hydrogen (secondary N) is 1. The van der Waals surface area contributed by atoms with Gasteiger partial charge in [0.05, 0.1) is 19.6 Å². The highest BCUT2D eigenvalue weighted by Crippen LogP contribution is 2.16. The average Bonchev–Trinajstić information content (AvgIpc) is 2.95. The fourth-order valence-electron chi connectivity index (χ4n) is 2.37. The summed E-state index contributed by atoms with van der Waals surface area (Å²) in [4.78, 5) is 36.9. The molecule has 1 aromatic carbocycles. The van der Waals surface area contributed by atoms with Gasteiger partial charge in [-0.15, -0.1) is 0 Å². The highest BCUT2D eigenvalue weighted by molar-refractivity contribution is 6.05. The molecule has 2 amide bonds. The second-order valence-electron chi connectivity index (χ2n) is 4.99. The first kappa shape index (κ1) is 15.2. The van der Waals surface area contributed by atoms with E-state index in [1.54, 1.807) is 30.3 Å². The number of rotatable bonds is 4. The SMILES string of the molecule is COC(=O)C1CCN(CC(=O)NC(=O)c2ccccc2)C1. The van der Waals surface area contributed by atoms with Crippen molar-refractivity contribution in [1.29, 1.82) is 0 Å². The maximum absolute atomic E-state index is 11.8. The van der Waals surface area contributed by atoms with Gasteiger partial charge in [-0.3, -0.25) is 24.6 Å². The first-order valence-corrected chi connectivity index (χ1v) is 6.79. The summed E-state index contributed by atoms with van der Waals surface area (Å²) in [5.74, 6) is -1.22. The van der Waals surface area contributed by atoms with Crippen LogP contribution in [0, 0.1) is 5.92 Å². The summed E-state index contributed by atoms with van der Waals surface area (Å²) >= 11 is 0. The smallest absolute Gasteiger partial charge is 0.310 e.